The third-order valence-corrected chi connectivity index (χ3v) is 4.29. The van der Waals surface area contributed by atoms with Crippen molar-refractivity contribution >= 4 is 0 Å². The number of hydrogen-bond donors (Lipinski definition) is 9. The molecule has 2 rings (SSSR count). The third kappa shape index (κ3) is 3.41. The van der Waals surface area contributed by atoms with Crippen LogP contribution in [-0.4, -0.2) is 115 Å². The predicted molar refractivity (Wildman–Crippen MR) is 72.8 cm³/mol. The first-order valence-electron chi connectivity index (χ1n) is 7.31. The van der Waals surface area contributed by atoms with Crippen LogP contribution < -0.4 is 5.90 Å². The highest BCUT2D eigenvalue weighted by Gasteiger charge is 2.56. The fraction of sp³-hybridized carbons (Fsp3) is 1.00. The Bertz CT molecular complexity index is 412. The lowest BCUT2D eigenvalue weighted by molar-refractivity contribution is -0.420. The summed E-state index contributed by atoms with van der Waals surface area (Å²) in [6, 6.07) is 0. The molecule has 2 fully saturated rings. The molecule has 0 spiro atoms. The van der Waals surface area contributed by atoms with E-state index in [9.17, 15) is 35.7 Å². The molecule has 0 radical (unpaired) electrons. The van der Waals surface area contributed by atoms with Crippen molar-refractivity contribution in [1.82, 2.24) is 0 Å². The van der Waals surface area contributed by atoms with E-state index in [1.165, 1.54) is 0 Å². The maximum Gasteiger partial charge on any atom is 0.315 e. The van der Waals surface area contributed by atoms with Crippen LogP contribution in [0.1, 0.15) is 0 Å². The molecule has 12 nitrogen and oxygen atoms in total. The molecule has 2 aliphatic heterocycles. The monoisotopic (exact) mass is 358 g/mol. The molecule has 0 saturated carbocycles. The van der Waals surface area contributed by atoms with Gasteiger partial charge < -0.3 is 50.3 Å². The fourth-order valence-electron chi connectivity index (χ4n) is 2.77. The zero-order chi connectivity index (χ0) is 18.2. The molecule has 12 heteroatoms. The molecule has 0 aromatic heterocycles. The lowest BCUT2D eigenvalue weighted by Gasteiger charge is -2.45. The fourth-order valence-corrected chi connectivity index (χ4v) is 2.77. The Morgan fingerprint density at radius 1 is 0.833 bits per heavy atom. The van der Waals surface area contributed by atoms with Gasteiger partial charge in [-0.15, -0.1) is 0 Å². The van der Waals surface area contributed by atoms with Gasteiger partial charge in [-0.1, -0.05) is 5.90 Å². The van der Waals surface area contributed by atoms with Crippen LogP contribution in [0.2, 0.25) is 0 Å². The summed E-state index contributed by atoms with van der Waals surface area (Å²) in [4.78, 5) is 0. The minimum absolute atomic E-state index is 0.680. The van der Waals surface area contributed by atoms with Crippen LogP contribution in [0, 0.1) is 0 Å². The molecule has 2 heterocycles. The third-order valence-electron chi connectivity index (χ3n) is 4.29. The Hall–Kier alpha value is -0.480. The Kier molecular flexibility index (Phi) is 6.46. The topological polar surface area (TPSA) is 209 Å². The molecule has 0 aliphatic carbocycles. The maximum absolute atomic E-state index is 10.0. The molecule has 0 unspecified atom stereocenters. The van der Waals surface area contributed by atoms with E-state index in [1.54, 1.807) is 4.47 Å². The highest BCUT2D eigenvalue weighted by Crippen LogP contribution is 2.30. The number of nitrogens with two attached hydrogens (primary N) is 1. The van der Waals surface area contributed by atoms with Gasteiger partial charge in [-0.2, -0.15) is 0 Å². The van der Waals surface area contributed by atoms with Crippen LogP contribution in [-0.2, 0) is 13.9 Å². The van der Waals surface area contributed by atoms with Crippen LogP contribution in [0.5, 0.6) is 0 Å². The molecule has 2 aliphatic rings. The molecular weight excluding hydrogens is 334 g/mol. The smallest absolute Gasteiger partial charge is 0.315 e. The van der Waals surface area contributed by atoms with Crippen LogP contribution in [0.4, 0.5) is 0 Å². The van der Waals surface area contributed by atoms with E-state index in [4.69, 9.17) is 20.5 Å². The molecule has 2 saturated heterocycles. The van der Waals surface area contributed by atoms with E-state index >= 15 is 0 Å². The molecular formula is C12H24NO11+. The number of hydrogen-bond acceptors (Lipinski definition) is 11. The molecule has 10 N–H and O–H groups in total. The normalized spacial score (nSPS) is 50.9. The van der Waals surface area contributed by atoms with Gasteiger partial charge in [-0.05, 0) is 0 Å². The van der Waals surface area contributed by atoms with Gasteiger partial charge in [0.05, 0.1) is 6.61 Å². The SMILES string of the molecule is N[O+]1[C@H](O)[C@H](O)[C@@H](O)[C@H](O[C@H]2O[C@H](CO)[C@@H](O)[C@H](O)[C@H]2O)[C@H]1CO. The summed E-state index contributed by atoms with van der Waals surface area (Å²) in [5, 5.41) is 77.3. The molecule has 0 aromatic carbocycles. The van der Waals surface area contributed by atoms with Crippen LogP contribution >= 0.6 is 0 Å². The first-order chi connectivity index (χ1) is 11.2. The van der Waals surface area contributed by atoms with Crippen molar-refractivity contribution in [3.05, 3.63) is 0 Å². The van der Waals surface area contributed by atoms with Gasteiger partial charge in [0.25, 0.3) is 0 Å². The maximum atomic E-state index is 10.0. The Morgan fingerprint density at radius 2 is 1.46 bits per heavy atom. The minimum Gasteiger partial charge on any atom is -0.394 e. The van der Waals surface area contributed by atoms with Crippen molar-refractivity contribution in [3.8, 4) is 0 Å². The molecule has 0 aromatic rings. The van der Waals surface area contributed by atoms with Crippen molar-refractivity contribution in [2.45, 2.75) is 61.4 Å². The van der Waals surface area contributed by atoms with E-state index < -0.39 is 74.6 Å². The van der Waals surface area contributed by atoms with Gasteiger partial charge in [-0.25, -0.2) is 0 Å². The largest absolute Gasteiger partial charge is 0.394 e. The summed E-state index contributed by atoms with van der Waals surface area (Å²) in [6.07, 6.45) is -15.8. The molecule has 10 atom stereocenters. The van der Waals surface area contributed by atoms with E-state index in [0.717, 1.165) is 0 Å². The van der Waals surface area contributed by atoms with Crippen molar-refractivity contribution < 1.29 is 54.8 Å². The first kappa shape index (κ1) is 19.8. The second-order valence-electron chi connectivity index (χ2n) is 5.80. The van der Waals surface area contributed by atoms with E-state index in [0.29, 0.717) is 0 Å². The second kappa shape index (κ2) is 7.82. The Morgan fingerprint density at radius 3 is 2.00 bits per heavy atom. The zero-order valence-corrected chi connectivity index (χ0v) is 12.6. The van der Waals surface area contributed by atoms with Gasteiger partial charge in [0.2, 0.25) is 6.10 Å². The summed E-state index contributed by atoms with van der Waals surface area (Å²) >= 11 is 0. The number of rotatable bonds is 4. The van der Waals surface area contributed by atoms with Crippen LogP contribution in [0.3, 0.4) is 0 Å². The summed E-state index contributed by atoms with van der Waals surface area (Å²) in [7, 11) is 0. The first-order valence-corrected chi connectivity index (χ1v) is 7.31. The van der Waals surface area contributed by atoms with E-state index in [-0.39, 0.29) is 0 Å². The van der Waals surface area contributed by atoms with Gasteiger partial charge in [-0.3, -0.25) is 4.47 Å². The second-order valence-corrected chi connectivity index (χ2v) is 5.80. The molecule has 0 amide bonds. The highest BCUT2D eigenvalue weighted by atomic mass is 16.9. The summed E-state index contributed by atoms with van der Waals surface area (Å²) in [6.45, 7) is -1.38. The highest BCUT2D eigenvalue weighted by molar-refractivity contribution is 4.94. The van der Waals surface area contributed by atoms with Crippen molar-refractivity contribution in [2.75, 3.05) is 13.2 Å². The van der Waals surface area contributed by atoms with Crippen LogP contribution in [0.15, 0.2) is 0 Å². The Balaban J connectivity index is 2.17. The number of ether oxygens (including phenoxy) is 2. The predicted octanol–water partition coefficient (Wildman–Crippen LogP) is -5.99. The van der Waals surface area contributed by atoms with Gasteiger partial charge in [0.15, 0.2) is 18.5 Å². The van der Waals surface area contributed by atoms with Crippen molar-refractivity contribution in [1.29, 1.82) is 0 Å². The standard InChI is InChI=1S/C12H24NO11/c13-24-4(2-15)10(7(18)8(19)11(24)21)23-12-9(20)6(17)5(16)3(1-14)22-12/h3-12,14-21H,1-2,13H2/q+1/t3-,4-,5-,6+,7-,8-,9-,10-,11+,12-/m1/s1. The number of aliphatic hydroxyl groups excluding tert-OH is 8. The van der Waals surface area contributed by atoms with Gasteiger partial charge >= 0.3 is 6.29 Å². The molecule has 24 heavy (non-hydrogen) atoms. The average molecular weight is 358 g/mol. The minimum atomic E-state index is -1.77. The number of aliphatic hydroxyl groups is 8. The zero-order valence-electron chi connectivity index (χ0n) is 12.6. The average Bonchev–Trinajstić information content (AvgIpc) is 2.58. The van der Waals surface area contributed by atoms with Gasteiger partial charge in [0.1, 0.15) is 37.1 Å². The summed E-state index contributed by atoms with van der Waals surface area (Å²) in [5.41, 5.74) is 0. The van der Waals surface area contributed by atoms with E-state index in [1.807, 2.05) is 0 Å². The Labute approximate surface area is 136 Å². The lowest BCUT2D eigenvalue weighted by atomic mass is 9.97. The molecule has 142 valence electrons. The van der Waals surface area contributed by atoms with Gasteiger partial charge in [0, 0.05) is 0 Å². The lowest BCUT2D eigenvalue weighted by Crippen LogP contribution is -2.68. The van der Waals surface area contributed by atoms with Crippen molar-refractivity contribution in [3.63, 3.8) is 0 Å². The van der Waals surface area contributed by atoms with Crippen LogP contribution in [0.25, 0.3) is 0 Å². The molecule has 0 bridgehead atoms. The van der Waals surface area contributed by atoms with Crippen molar-refractivity contribution in [2.24, 2.45) is 5.90 Å². The summed E-state index contributed by atoms with van der Waals surface area (Å²) < 4.78 is 12.0. The quantitative estimate of drug-likeness (QED) is 0.216. The summed E-state index contributed by atoms with van der Waals surface area (Å²) in [5.74, 6) is 5.47. The van der Waals surface area contributed by atoms with E-state index in [2.05, 4.69) is 0 Å².